The van der Waals surface area contributed by atoms with Gasteiger partial charge in [-0.3, -0.25) is 4.79 Å². The lowest BCUT2D eigenvalue weighted by atomic mass is 10.4. The van der Waals surface area contributed by atoms with Crippen LogP contribution in [-0.2, 0) is 22.9 Å². The fourth-order valence-electron chi connectivity index (χ4n) is 1.87. The molecule has 0 aliphatic heterocycles. The Morgan fingerprint density at radius 1 is 1.10 bits per heavy atom. The summed E-state index contributed by atoms with van der Waals surface area (Å²) in [7, 11) is -4.35. The van der Waals surface area contributed by atoms with E-state index >= 15 is 0 Å². The molecule has 0 bridgehead atoms. The van der Waals surface area contributed by atoms with E-state index in [1.807, 2.05) is 13.1 Å². The first-order chi connectivity index (χ1) is 8.95. The molecule has 0 spiro atoms. The van der Waals surface area contributed by atoms with Gasteiger partial charge in [-0.05, 0) is 45.6 Å². The molecule has 0 aromatic carbocycles. The van der Waals surface area contributed by atoms with Crippen LogP contribution in [0.5, 0.6) is 0 Å². The highest BCUT2D eigenvalue weighted by Crippen LogP contribution is 2.21. The predicted octanol–water partition coefficient (Wildman–Crippen LogP) is 2.98. The third kappa shape index (κ3) is 9.05. The maximum atomic E-state index is 11.2. The molecule has 0 amide bonds. The van der Waals surface area contributed by atoms with Crippen LogP contribution in [0.4, 0.5) is 0 Å². The van der Waals surface area contributed by atoms with Crippen LogP contribution in [0.2, 0.25) is 32.2 Å². The third-order valence-corrected chi connectivity index (χ3v) is 8.93. The summed E-state index contributed by atoms with van der Waals surface area (Å²) in [5.41, 5.74) is 0.404. The zero-order valence-electron chi connectivity index (χ0n) is 13.4. The molecule has 0 N–H and O–H groups in total. The van der Waals surface area contributed by atoms with Crippen molar-refractivity contribution in [2.45, 2.75) is 52.5 Å². The number of rotatable bonds is 8. The second kappa shape index (κ2) is 7.75. The molecule has 0 saturated carbocycles. The van der Waals surface area contributed by atoms with Crippen LogP contribution in [0.1, 0.15) is 20.3 Å². The first kappa shape index (κ1) is 19.1. The van der Waals surface area contributed by atoms with E-state index in [0.717, 1.165) is 12.5 Å². The van der Waals surface area contributed by atoms with Crippen LogP contribution < -0.4 is 0 Å². The van der Waals surface area contributed by atoms with Gasteiger partial charge in [0.1, 0.15) is 0 Å². The van der Waals surface area contributed by atoms with E-state index in [1.54, 1.807) is 6.92 Å². The molecule has 0 aromatic rings. The van der Waals surface area contributed by atoms with Gasteiger partial charge in [0.15, 0.2) is 8.32 Å². The fraction of sp³-hybridized carbons (Fsp3) is 0.692. The average molecular weight is 319 g/mol. The number of carbonyl (C=O) groups is 2. The quantitative estimate of drug-likeness (QED) is 0.298. The molecule has 0 radical (unpaired) electrons. The van der Waals surface area contributed by atoms with Crippen LogP contribution >= 0.6 is 0 Å². The van der Waals surface area contributed by atoms with Crippen molar-refractivity contribution in [1.82, 2.24) is 0 Å². The Kier molecular flexibility index (Phi) is 7.39. The maximum Gasteiger partial charge on any atom is 0.385 e. The van der Waals surface area contributed by atoms with Crippen molar-refractivity contribution in [2.24, 2.45) is 0 Å². The van der Waals surface area contributed by atoms with Crippen molar-refractivity contribution in [2.75, 3.05) is 6.61 Å². The van der Waals surface area contributed by atoms with Gasteiger partial charge in [0.05, 0.1) is 6.61 Å². The highest BCUT2D eigenvalue weighted by atomic mass is 28.4. The lowest BCUT2D eigenvalue weighted by Crippen LogP contribution is -2.47. The largest absolute Gasteiger partial charge is 0.495 e. The minimum Gasteiger partial charge on any atom is -0.495 e. The van der Waals surface area contributed by atoms with E-state index in [4.69, 9.17) is 13.3 Å². The molecule has 0 aliphatic rings. The van der Waals surface area contributed by atoms with Gasteiger partial charge in [-0.25, -0.2) is 4.79 Å². The first-order valence-corrected chi connectivity index (χ1v) is 12.6. The third-order valence-electron chi connectivity index (χ3n) is 2.42. The SMILES string of the molecule is C=C(C)C(=O)OCCC[Si](C)(C)O[Si](C)(C)OC(C)=O. The van der Waals surface area contributed by atoms with Gasteiger partial charge >= 0.3 is 14.5 Å². The molecule has 0 saturated heterocycles. The first-order valence-electron chi connectivity index (χ1n) is 6.67. The van der Waals surface area contributed by atoms with Crippen molar-refractivity contribution in [1.29, 1.82) is 0 Å². The number of carbonyl (C=O) groups excluding carboxylic acids is 2. The number of ether oxygens (including phenoxy) is 1. The Labute approximate surface area is 123 Å². The summed E-state index contributed by atoms with van der Waals surface area (Å²) in [5.74, 6) is -0.665. The Hall–Kier alpha value is -0.926. The van der Waals surface area contributed by atoms with Gasteiger partial charge in [0.25, 0.3) is 5.97 Å². The van der Waals surface area contributed by atoms with Crippen LogP contribution in [0, 0.1) is 0 Å². The Balaban J connectivity index is 4.16. The molecule has 0 atom stereocenters. The second-order valence-corrected chi connectivity index (χ2v) is 13.7. The van der Waals surface area contributed by atoms with Crippen LogP contribution in [0.25, 0.3) is 0 Å². The van der Waals surface area contributed by atoms with E-state index in [0.29, 0.717) is 12.2 Å². The topological polar surface area (TPSA) is 61.8 Å². The lowest BCUT2D eigenvalue weighted by Gasteiger charge is -2.32. The lowest BCUT2D eigenvalue weighted by molar-refractivity contribution is -0.139. The summed E-state index contributed by atoms with van der Waals surface area (Å²) < 4.78 is 16.4. The standard InChI is InChI=1S/C13H26O5Si2/c1-11(2)13(15)16-9-8-10-19(4,5)18-20(6,7)17-12(3)14/h1,8-10H2,2-7H3. The van der Waals surface area contributed by atoms with E-state index in [2.05, 4.69) is 19.7 Å². The summed E-state index contributed by atoms with van der Waals surface area (Å²) in [4.78, 5) is 22.3. The molecular formula is C13H26O5Si2. The molecule has 20 heavy (non-hydrogen) atoms. The van der Waals surface area contributed by atoms with E-state index in [9.17, 15) is 9.59 Å². The van der Waals surface area contributed by atoms with Crippen molar-refractivity contribution in [3.63, 3.8) is 0 Å². The fourth-order valence-corrected chi connectivity index (χ4v) is 9.46. The summed E-state index contributed by atoms with van der Waals surface area (Å²) >= 11 is 0. The van der Waals surface area contributed by atoms with Crippen LogP contribution in [0.15, 0.2) is 12.2 Å². The van der Waals surface area contributed by atoms with Gasteiger partial charge in [0.2, 0.25) is 0 Å². The zero-order valence-corrected chi connectivity index (χ0v) is 15.4. The van der Waals surface area contributed by atoms with Crippen molar-refractivity contribution < 1.29 is 22.9 Å². The van der Waals surface area contributed by atoms with E-state index in [1.165, 1.54) is 6.92 Å². The van der Waals surface area contributed by atoms with Gasteiger partial charge in [0, 0.05) is 12.5 Å². The van der Waals surface area contributed by atoms with E-state index in [-0.39, 0.29) is 11.9 Å². The summed E-state index contributed by atoms with van der Waals surface area (Å²) in [6.07, 6.45) is 0.739. The number of esters is 1. The molecule has 0 rings (SSSR count). The summed E-state index contributed by atoms with van der Waals surface area (Å²) in [6, 6.07) is 0.841. The minimum atomic E-state index is -2.41. The predicted molar refractivity (Wildman–Crippen MR) is 83.0 cm³/mol. The molecule has 0 aliphatic carbocycles. The van der Waals surface area contributed by atoms with Crippen molar-refractivity contribution in [3.8, 4) is 0 Å². The average Bonchev–Trinajstić information content (AvgIpc) is 2.19. The van der Waals surface area contributed by atoms with Gasteiger partial charge < -0.3 is 13.3 Å². The normalized spacial score (nSPS) is 11.9. The van der Waals surface area contributed by atoms with Crippen molar-refractivity contribution >= 4 is 28.8 Å². The number of hydrogen-bond acceptors (Lipinski definition) is 5. The molecular weight excluding hydrogens is 292 g/mol. The van der Waals surface area contributed by atoms with Crippen LogP contribution in [-0.4, -0.2) is 35.4 Å². The van der Waals surface area contributed by atoms with Gasteiger partial charge in [-0.2, -0.15) is 0 Å². The van der Waals surface area contributed by atoms with Gasteiger partial charge in [-0.15, -0.1) is 0 Å². The zero-order chi connectivity index (χ0) is 16.0. The van der Waals surface area contributed by atoms with Crippen LogP contribution in [0.3, 0.4) is 0 Å². The molecule has 0 unspecified atom stereocenters. The summed E-state index contributed by atoms with van der Waals surface area (Å²) in [6.45, 7) is 14.8. The highest BCUT2D eigenvalue weighted by Gasteiger charge is 2.36. The van der Waals surface area contributed by atoms with Gasteiger partial charge in [-0.1, -0.05) is 6.58 Å². The summed E-state index contributed by atoms with van der Waals surface area (Å²) in [5, 5.41) is 0. The molecule has 116 valence electrons. The Morgan fingerprint density at radius 2 is 1.65 bits per heavy atom. The Bertz CT molecular complexity index is 377. The van der Waals surface area contributed by atoms with Crippen molar-refractivity contribution in [3.05, 3.63) is 12.2 Å². The molecule has 5 nitrogen and oxygen atoms in total. The number of hydrogen-bond donors (Lipinski definition) is 0. The maximum absolute atomic E-state index is 11.2. The van der Waals surface area contributed by atoms with E-state index < -0.39 is 16.9 Å². The minimum absolute atomic E-state index is 0.304. The molecule has 0 aromatic heterocycles. The highest BCUT2D eigenvalue weighted by molar-refractivity contribution is 6.82. The Morgan fingerprint density at radius 3 is 2.10 bits per heavy atom. The monoisotopic (exact) mass is 318 g/mol. The second-order valence-electron chi connectivity index (χ2n) is 5.88. The molecule has 7 heteroatoms. The molecule has 0 fully saturated rings. The molecule has 0 heterocycles. The smallest absolute Gasteiger partial charge is 0.385 e.